The molecule has 1 rings (SSSR count). The van der Waals surface area contributed by atoms with Crippen LogP contribution >= 0.6 is 11.8 Å². The Morgan fingerprint density at radius 2 is 2.31 bits per heavy atom. The quantitative estimate of drug-likeness (QED) is 0.513. The van der Waals surface area contributed by atoms with Crippen molar-refractivity contribution in [3.63, 3.8) is 0 Å². The Bertz CT molecular complexity index is 215. The van der Waals surface area contributed by atoms with Gasteiger partial charge < -0.3 is 4.74 Å². The Kier molecular flexibility index (Phi) is 3.78. The second-order valence-electron chi connectivity index (χ2n) is 3.33. The van der Waals surface area contributed by atoms with Crippen LogP contribution in [-0.2, 0) is 14.3 Å². The summed E-state index contributed by atoms with van der Waals surface area (Å²) in [4.78, 5) is 21.7. The molecule has 0 aliphatic carbocycles. The van der Waals surface area contributed by atoms with Gasteiger partial charge in [-0.3, -0.25) is 9.59 Å². The fourth-order valence-electron chi connectivity index (χ4n) is 0.980. The minimum Gasteiger partial charge on any atom is -0.392 e. The lowest BCUT2D eigenvalue weighted by molar-refractivity contribution is -0.151. The normalized spacial score (nSPS) is 24.6. The molecule has 0 aromatic carbocycles. The van der Waals surface area contributed by atoms with Crippen LogP contribution in [0.2, 0.25) is 0 Å². The topological polar surface area (TPSA) is 43.4 Å². The number of hydrogen-bond donors (Lipinski definition) is 0. The van der Waals surface area contributed by atoms with Gasteiger partial charge in [-0.05, 0) is 11.7 Å². The van der Waals surface area contributed by atoms with E-state index in [-0.39, 0.29) is 23.6 Å². The van der Waals surface area contributed by atoms with E-state index in [1.165, 1.54) is 11.8 Å². The zero-order valence-corrected chi connectivity index (χ0v) is 8.73. The molecule has 0 saturated carbocycles. The molecule has 1 heterocycles. The Hall–Kier alpha value is -0.510. The summed E-state index contributed by atoms with van der Waals surface area (Å²) in [5.74, 6) is 0.766. The zero-order chi connectivity index (χ0) is 9.84. The van der Waals surface area contributed by atoms with Crippen LogP contribution in [0.4, 0.5) is 0 Å². The van der Waals surface area contributed by atoms with E-state index in [1.54, 1.807) is 0 Å². The van der Waals surface area contributed by atoms with Gasteiger partial charge in [-0.1, -0.05) is 20.3 Å². The minimum atomic E-state index is -0.383. The first-order valence-corrected chi connectivity index (χ1v) is 5.54. The van der Waals surface area contributed by atoms with Gasteiger partial charge in [0, 0.05) is 0 Å². The van der Waals surface area contributed by atoms with Gasteiger partial charge in [-0.25, -0.2) is 0 Å². The van der Waals surface area contributed by atoms with Gasteiger partial charge in [-0.15, -0.1) is 11.8 Å². The maximum absolute atomic E-state index is 11.0. The van der Waals surface area contributed by atoms with Crippen molar-refractivity contribution in [2.45, 2.75) is 31.9 Å². The molecule has 3 nitrogen and oxygen atoms in total. The largest absolute Gasteiger partial charge is 0.392 e. The van der Waals surface area contributed by atoms with Crippen LogP contribution in [-0.4, -0.2) is 22.9 Å². The van der Waals surface area contributed by atoms with Crippen LogP contribution in [0.25, 0.3) is 0 Å². The third kappa shape index (κ3) is 3.03. The number of rotatable bonds is 4. The molecule has 0 aromatic rings. The van der Waals surface area contributed by atoms with E-state index in [2.05, 4.69) is 18.6 Å². The highest BCUT2D eigenvalue weighted by atomic mass is 32.2. The predicted molar refractivity (Wildman–Crippen MR) is 51.4 cm³/mol. The number of thioether (sulfide) groups is 1. The highest BCUT2D eigenvalue weighted by Gasteiger charge is 2.33. The number of carbonyl (C=O) groups is 2. The molecule has 13 heavy (non-hydrogen) atoms. The summed E-state index contributed by atoms with van der Waals surface area (Å²) < 4.78 is 4.44. The van der Waals surface area contributed by atoms with E-state index in [4.69, 9.17) is 0 Å². The van der Waals surface area contributed by atoms with Gasteiger partial charge in [0.2, 0.25) is 0 Å². The van der Waals surface area contributed by atoms with Gasteiger partial charge in [-0.2, -0.15) is 0 Å². The summed E-state index contributed by atoms with van der Waals surface area (Å²) in [6, 6.07) is 0. The summed E-state index contributed by atoms with van der Waals surface area (Å²) in [6.07, 6.45) is 1.35. The van der Waals surface area contributed by atoms with Crippen molar-refractivity contribution in [3.8, 4) is 0 Å². The molecule has 0 bridgehead atoms. The van der Waals surface area contributed by atoms with Crippen molar-refractivity contribution in [2.24, 2.45) is 5.92 Å². The second kappa shape index (κ2) is 4.65. The van der Waals surface area contributed by atoms with Crippen molar-refractivity contribution in [1.82, 2.24) is 0 Å². The fraction of sp³-hybridized carbons (Fsp3) is 0.778. The first-order valence-electron chi connectivity index (χ1n) is 4.49. The van der Waals surface area contributed by atoms with Crippen LogP contribution in [0.5, 0.6) is 0 Å². The second-order valence-corrected chi connectivity index (χ2v) is 4.57. The zero-order valence-electron chi connectivity index (χ0n) is 7.91. The summed E-state index contributed by atoms with van der Waals surface area (Å²) >= 11 is 1.53. The van der Waals surface area contributed by atoms with E-state index in [0.717, 1.165) is 12.2 Å². The lowest BCUT2D eigenvalue weighted by atomic mass is 10.2. The Balaban J connectivity index is 2.29. The maximum Gasteiger partial charge on any atom is 0.327 e. The number of ether oxygens (including phenoxy) is 1. The molecule has 74 valence electrons. The molecule has 1 fully saturated rings. The van der Waals surface area contributed by atoms with Crippen molar-refractivity contribution in [2.75, 3.05) is 5.75 Å². The van der Waals surface area contributed by atoms with Crippen molar-refractivity contribution < 1.29 is 14.3 Å². The molecule has 0 aromatic heterocycles. The van der Waals surface area contributed by atoms with E-state index < -0.39 is 0 Å². The first kappa shape index (κ1) is 10.6. The average molecular weight is 202 g/mol. The summed E-state index contributed by atoms with van der Waals surface area (Å²) in [7, 11) is 0. The molecule has 4 heteroatoms. The first-order chi connectivity index (χ1) is 6.13. The third-order valence-electron chi connectivity index (χ3n) is 2.11. The van der Waals surface area contributed by atoms with Crippen LogP contribution in [0.1, 0.15) is 26.7 Å². The smallest absolute Gasteiger partial charge is 0.327 e. The van der Waals surface area contributed by atoms with E-state index in [9.17, 15) is 9.59 Å². The van der Waals surface area contributed by atoms with Crippen molar-refractivity contribution in [1.29, 1.82) is 0 Å². The summed E-state index contributed by atoms with van der Waals surface area (Å²) in [6.45, 7) is 4.25. The van der Waals surface area contributed by atoms with Gasteiger partial charge in [0.15, 0.2) is 0 Å². The van der Waals surface area contributed by atoms with E-state index in [0.29, 0.717) is 5.92 Å². The standard InChI is InChI=1S/C9H14O3S/c1-3-6(2)5-13-7-4-8(10)12-9(7)11/h6-7H,3-5H2,1-2H3. The summed E-state index contributed by atoms with van der Waals surface area (Å²) in [5.41, 5.74) is 0. The molecule has 1 aliphatic rings. The lowest BCUT2D eigenvalue weighted by Crippen LogP contribution is -2.12. The number of carbonyl (C=O) groups excluding carboxylic acids is 2. The number of hydrogen-bond acceptors (Lipinski definition) is 4. The SMILES string of the molecule is CCC(C)CSC1CC(=O)OC1=O. The summed E-state index contributed by atoms with van der Waals surface area (Å²) in [5, 5.41) is -0.249. The van der Waals surface area contributed by atoms with Gasteiger partial charge in [0.25, 0.3) is 0 Å². The molecular formula is C9H14O3S. The van der Waals surface area contributed by atoms with Crippen molar-refractivity contribution in [3.05, 3.63) is 0 Å². The Morgan fingerprint density at radius 3 is 2.77 bits per heavy atom. The lowest BCUT2D eigenvalue weighted by Gasteiger charge is -2.09. The van der Waals surface area contributed by atoms with Crippen molar-refractivity contribution >= 4 is 23.7 Å². The molecule has 2 unspecified atom stereocenters. The molecule has 0 amide bonds. The average Bonchev–Trinajstić information content (AvgIpc) is 2.41. The molecule has 2 atom stereocenters. The number of cyclic esters (lactones) is 2. The van der Waals surface area contributed by atoms with Crippen LogP contribution in [0.15, 0.2) is 0 Å². The van der Waals surface area contributed by atoms with E-state index in [1.807, 2.05) is 0 Å². The van der Waals surface area contributed by atoms with Crippen LogP contribution < -0.4 is 0 Å². The predicted octanol–water partition coefficient (Wildman–Crippen LogP) is 1.61. The Morgan fingerprint density at radius 1 is 1.62 bits per heavy atom. The monoisotopic (exact) mass is 202 g/mol. The van der Waals surface area contributed by atoms with Gasteiger partial charge in [0.1, 0.15) is 5.25 Å². The molecule has 1 aliphatic heterocycles. The van der Waals surface area contributed by atoms with Crippen LogP contribution in [0, 0.1) is 5.92 Å². The minimum absolute atomic E-state index is 0.249. The molecule has 0 N–H and O–H groups in total. The Labute approximate surface area is 82.2 Å². The van der Waals surface area contributed by atoms with Gasteiger partial charge >= 0.3 is 11.9 Å². The molecule has 1 saturated heterocycles. The van der Waals surface area contributed by atoms with Gasteiger partial charge in [0.05, 0.1) is 6.42 Å². The number of esters is 2. The highest BCUT2D eigenvalue weighted by molar-refractivity contribution is 8.00. The van der Waals surface area contributed by atoms with E-state index >= 15 is 0 Å². The maximum atomic E-state index is 11.0. The fourth-order valence-corrected chi connectivity index (χ4v) is 2.21. The highest BCUT2D eigenvalue weighted by Crippen LogP contribution is 2.25. The molecule has 0 radical (unpaired) electrons. The molecular weight excluding hydrogens is 188 g/mol. The van der Waals surface area contributed by atoms with Crippen LogP contribution in [0.3, 0.4) is 0 Å². The third-order valence-corrected chi connectivity index (χ3v) is 3.63. The molecule has 0 spiro atoms.